The Balaban J connectivity index is 0.00000131. The molecule has 11 nitrogen and oxygen atoms in total. The number of amides is 2. The predicted molar refractivity (Wildman–Crippen MR) is 248 cm³/mol. The largest absolute Gasteiger partial charge is 0.489 e. The number of carbonyl (C=O) groups is 3. The lowest BCUT2D eigenvalue weighted by Gasteiger charge is -2.36. The van der Waals surface area contributed by atoms with E-state index in [1.165, 1.54) is 16.0 Å². The minimum atomic E-state index is -0.767. The number of hydrogen-bond acceptors (Lipinski definition) is 8. The molecule has 0 saturated carbocycles. The van der Waals surface area contributed by atoms with Crippen LogP contribution in [0.2, 0.25) is 0 Å². The smallest absolute Gasteiger partial charge is 0.411 e. The van der Waals surface area contributed by atoms with E-state index in [1.54, 1.807) is 0 Å². The van der Waals surface area contributed by atoms with E-state index >= 15 is 0 Å². The highest BCUT2D eigenvalue weighted by Gasteiger charge is 2.37. The summed E-state index contributed by atoms with van der Waals surface area (Å²) in [6, 6.07) is 37.3. The van der Waals surface area contributed by atoms with E-state index in [2.05, 4.69) is 73.5 Å². The van der Waals surface area contributed by atoms with E-state index in [1.807, 2.05) is 99.8 Å². The van der Waals surface area contributed by atoms with E-state index < -0.39 is 12.1 Å². The van der Waals surface area contributed by atoms with Crippen LogP contribution in [0.25, 0.3) is 11.1 Å². The van der Waals surface area contributed by atoms with Gasteiger partial charge in [0, 0.05) is 24.9 Å². The highest BCUT2D eigenvalue weighted by molar-refractivity contribution is 5.86. The van der Waals surface area contributed by atoms with E-state index in [4.69, 9.17) is 28.8 Å². The maximum Gasteiger partial charge on any atom is 0.411 e. The molecule has 8 rings (SSSR count). The molecule has 0 fully saturated rings. The minimum Gasteiger partial charge on any atom is -0.489 e. The van der Waals surface area contributed by atoms with Gasteiger partial charge in [-0.05, 0) is 126 Å². The third-order valence-electron chi connectivity index (χ3n) is 11.5. The third-order valence-corrected chi connectivity index (χ3v) is 11.5. The molecule has 2 unspecified atom stereocenters. The van der Waals surface area contributed by atoms with E-state index in [-0.39, 0.29) is 31.6 Å². The summed E-state index contributed by atoms with van der Waals surface area (Å²) in [7, 11) is 0. The number of hydrogen-bond donors (Lipinski definition) is 2. The monoisotopic (exact) mass is 863 g/mol. The highest BCUT2D eigenvalue weighted by Crippen LogP contribution is 2.41. The van der Waals surface area contributed by atoms with Crippen molar-refractivity contribution in [2.24, 2.45) is 0 Å². The highest BCUT2D eigenvalue weighted by atomic mass is 16.6. The molecule has 0 radical (unpaired) electrons. The number of rotatable bonds is 11. The number of aryl methyl sites for hydroxylation is 3. The molecule has 0 bridgehead atoms. The summed E-state index contributed by atoms with van der Waals surface area (Å²) in [4.78, 5) is 41.9. The van der Waals surface area contributed by atoms with Gasteiger partial charge < -0.3 is 29.4 Å². The summed E-state index contributed by atoms with van der Waals surface area (Å²) < 4.78 is 24.6. The molecule has 0 saturated heterocycles. The van der Waals surface area contributed by atoms with Gasteiger partial charge in [0.2, 0.25) is 5.91 Å². The first kappa shape index (κ1) is 46.4. The molecule has 2 atom stereocenters. The van der Waals surface area contributed by atoms with Gasteiger partial charge in [0.1, 0.15) is 31.6 Å². The molecule has 2 aliphatic rings. The van der Waals surface area contributed by atoms with Crippen molar-refractivity contribution in [1.82, 2.24) is 15.2 Å². The number of carbonyl (C=O) groups excluding carboxylic acids is 2. The summed E-state index contributed by atoms with van der Waals surface area (Å²) in [5.74, 6) is 1.75. The Labute approximate surface area is 376 Å². The predicted octanol–water partition coefficient (Wildman–Crippen LogP) is 10.2. The zero-order valence-corrected chi connectivity index (χ0v) is 37.4. The lowest BCUT2D eigenvalue weighted by Crippen LogP contribution is -2.53. The van der Waals surface area contributed by atoms with Gasteiger partial charge >= 0.3 is 6.09 Å². The molecular weight excluding hydrogens is 807 g/mol. The SMILES string of the molecule is CC.Cc1ccc(COc2ccc(C3COc4cc5c(cc4O3)CN(C(=O)OCc3ccccc3)C(C(=O)NCCc3ccc(-c4ccnc(C)c4C)cc3)C5)cc2)cc1C.O=CO. The summed E-state index contributed by atoms with van der Waals surface area (Å²) in [6.45, 7) is 13.6. The van der Waals surface area contributed by atoms with E-state index in [0.717, 1.165) is 61.5 Å². The number of fused-ring (bicyclic) bond motifs is 2. The number of aromatic nitrogens is 1. The average molecular weight is 864 g/mol. The summed E-state index contributed by atoms with van der Waals surface area (Å²) >= 11 is 0. The molecule has 3 heterocycles. The first-order valence-electron chi connectivity index (χ1n) is 21.7. The van der Waals surface area contributed by atoms with E-state index in [0.29, 0.717) is 44.1 Å². The van der Waals surface area contributed by atoms with Crippen LogP contribution in [-0.4, -0.2) is 52.7 Å². The Morgan fingerprint density at radius 1 is 0.812 bits per heavy atom. The molecule has 0 spiro atoms. The zero-order valence-electron chi connectivity index (χ0n) is 37.4. The molecule has 1 aromatic heterocycles. The van der Waals surface area contributed by atoms with Crippen LogP contribution in [0.5, 0.6) is 17.2 Å². The first-order chi connectivity index (χ1) is 31.1. The maximum atomic E-state index is 13.9. The number of nitrogens with zero attached hydrogens (tertiary/aromatic N) is 2. The number of pyridine rings is 1. The second-order valence-corrected chi connectivity index (χ2v) is 15.6. The van der Waals surface area contributed by atoms with Crippen LogP contribution in [-0.2, 0) is 46.9 Å². The Morgan fingerprint density at radius 3 is 2.23 bits per heavy atom. The number of benzene rings is 5. The van der Waals surface area contributed by atoms with Crippen molar-refractivity contribution < 1.29 is 38.4 Å². The third kappa shape index (κ3) is 11.7. The van der Waals surface area contributed by atoms with Gasteiger partial charge in [0.15, 0.2) is 17.6 Å². The molecule has 2 aliphatic heterocycles. The van der Waals surface area contributed by atoms with Crippen LogP contribution in [0.4, 0.5) is 4.79 Å². The quantitative estimate of drug-likeness (QED) is 0.122. The molecule has 0 aliphatic carbocycles. The topological polar surface area (TPSA) is 137 Å². The van der Waals surface area contributed by atoms with Gasteiger partial charge in [-0.3, -0.25) is 19.5 Å². The van der Waals surface area contributed by atoms with Gasteiger partial charge in [-0.15, -0.1) is 0 Å². The summed E-state index contributed by atoms with van der Waals surface area (Å²) in [5.41, 5.74) is 12.8. The van der Waals surface area contributed by atoms with Crippen LogP contribution >= 0.6 is 0 Å². The normalized spacial score (nSPS) is 14.6. The molecular formula is C53H57N3O8. The van der Waals surface area contributed by atoms with Crippen molar-refractivity contribution in [3.05, 3.63) is 177 Å². The number of nitrogens with one attached hydrogen (secondary N) is 1. The van der Waals surface area contributed by atoms with Crippen LogP contribution in [0, 0.1) is 27.7 Å². The molecule has 64 heavy (non-hydrogen) atoms. The van der Waals surface area contributed by atoms with E-state index in [9.17, 15) is 9.59 Å². The molecule has 6 aromatic rings. The first-order valence-corrected chi connectivity index (χ1v) is 21.7. The summed E-state index contributed by atoms with van der Waals surface area (Å²) in [6.07, 6.45) is 1.91. The van der Waals surface area contributed by atoms with Gasteiger partial charge in [-0.1, -0.05) is 98.8 Å². The average Bonchev–Trinajstić information content (AvgIpc) is 3.32. The Kier molecular flexibility index (Phi) is 16.1. The number of ether oxygens (including phenoxy) is 4. The van der Waals surface area contributed by atoms with Gasteiger partial charge in [-0.2, -0.15) is 0 Å². The molecule has 2 N–H and O–H groups in total. The minimum absolute atomic E-state index is 0.101. The molecule has 2 amide bonds. The van der Waals surface area contributed by atoms with Crippen LogP contribution in [0.1, 0.15) is 75.7 Å². The van der Waals surface area contributed by atoms with Crippen molar-refractivity contribution in [3.8, 4) is 28.4 Å². The second kappa shape index (κ2) is 22.3. The maximum absolute atomic E-state index is 13.9. The molecule has 5 aromatic carbocycles. The fourth-order valence-electron chi connectivity index (χ4n) is 7.63. The zero-order chi connectivity index (χ0) is 45.6. The van der Waals surface area contributed by atoms with Crippen molar-refractivity contribution in [1.29, 1.82) is 0 Å². The van der Waals surface area contributed by atoms with Crippen molar-refractivity contribution in [3.63, 3.8) is 0 Å². The Hall–Kier alpha value is -7.14. The van der Waals surface area contributed by atoms with Gasteiger partial charge in [0.25, 0.3) is 6.47 Å². The van der Waals surface area contributed by atoms with Crippen LogP contribution < -0.4 is 19.5 Å². The standard InChI is InChI=1S/C50H49N3O6.C2H6.CH2O2/c1-32-10-11-38(24-33(32)2)30-56-43-18-16-40(17-19-43)48-31-57-46-26-41-25-45(53(28-42(41)27-47(46)59-48)50(55)58-29-37-8-6-5-7-9-37)49(54)52-22-20-36-12-14-39(15-13-36)44-21-23-51-35(4)34(44)3;1-2;2-1-3/h5-19,21,23-24,26-27,45,48H,20,22,25,28-31H2,1-4H3,(H,52,54);1-2H3;1H,(H,2,3). The molecule has 332 valence electrons. The Bertz CT molecular complexity index is 2510. The molecule has 11 heteroatoms. The van der Waals surface area contributed by atoms with Gasteiger partial charge in [-0.25, -0.2) is 4.79 Å². The van der Waals surface area contributed by atoms with Crippen molar-refractivity contribution >= 4 is 18.5 Å². The fraction of sp³-hybridized carbons (Fsp3) is 0.283. The van der Waals surface area contributed by atoms with Crippen LogP contribution in [0.3, 0.4) is 0 Å². The second-order valence-electron chi connectivity index (χ2n) is 15.6. The lowest BCUT2D eigenvalue weighted by molar-refractivity contribution is -0.126. The number of carboxylic acid groups (broad SMARTS) is 1. The van der Waals surface area contributed by atoms with Gasteiger partial charge in [0.05, 0.1) is 6.54 Å². The van der Waals surface area contributed by atoms with Crippen molar-refractivity contribution in [2.45, 2.75) is 86.3 Å². The lowest BCUT2D eigenvalue weighted by atomic mass is 9.92. The van der Waals surface area contributed by atoms with Crippen LogP contribution in [0.15, 0.2) is 121 Å². The fourth-order valence-corrected chi connectivity index (χ4v) is 7.63. The Morgan fingerprint density at radius 2 is 1.52 bits per heavy atom. The van der Waals surface area contributed by atoms with Crippen molar-refractivity contribution in [2.75, 3.05) is 13.2 Å². The summed E-state index contributed by atoms with van der Waals surface area (Å²) in [5, 5.41) is 9.99.